The molecule has 2 nitrogen and oxygen atoms in total. The van der Waals surface area contributed by atoms with E-state index in [4.69, 9.17) is 9.16 Å². The van der Waals surface area contributed by atoms with Gasteiger partial charge in [-0.05, 0) is 82.4 Å². The summed E-state index contributed by atoms with van der Waals surface area (Å²) in [4.78, 5) is 0.498. The average Bonchev–Trinajstić information content (AvgIpc) is 2.55. The number of alkyl halides is 1. The lowest BCUT2D eigenvalue weighted by molar-refractivity contribution is 0.202. The van der Waals surface area contributed by atoms with E-state index in [1.165, 1.54) is 11.1 Å². The molecular formula is C23H36Br2O2Si. The number of rotatable bonds is 5. The molecule has 5 heteroatoms. The van der Waals surface area contributed by atoms with Crippen molar-refractivity contribution in [3.63, 3.8) is 0 Å². The van der Waals surface area contributed by atoms with Crippen molar-refractivity contribution in [3.05, 3.63) is 34.3 Å². The molecule has 1 aromatic rings. The number of ether oxygens (including phenoxy) is 1. The summed E-state index contributed by atoms with van der Waals surface area (Å²) in [7, 11) is -0.234. The Bertz CT molecular complexity index is 735. The zero-order valence-corrected chi connectivity index (χ0v) is 22.9. The van der Waals surface area contributed by atoms with Gasteiger partial charge in [-0.3, -0.25) is 0 Å². The van der Waals surface area contributed by atoms with E-state index in [9.17, 15) is 0 Å². The molecule has 1 fully saturated rings. The number of allylic oxidation sites excluding steroid dienone is 1. The highest BCUT2D eigenvalue weighted by Gasteiger charge is 2.42. The van der Waals surface area contributed by atoms with Gasteiger partial charge in [-0.25, -0.2) is 0 Å². The van der Waals surface area contributed by atoms with E-state index in [1.807, 2.05) is 0 Å². The maximum Gasteiger partial charge on any atom is 0.250 e. The Labute approximate surface area is 189 Å². The van der Waals surface area contributed by atoms with Gasteiger partial charge in [0.2, 0.25) is 8.32 Å². The van der Waals surface area contributed by atoms with E-state index in [-0.39, 0.29) is 10.5 Å². The van der Waals surface area contributed by atoms with E-state index >= 15 is 0 Å². The Morgan fingerprint density at radius 1 is 1.21 bits per heavy atom. The van der Waals surface area contributed by atoms with Crippen LogP contribution >= 0.6 is 31.9 Å². The van der Waals surface area contributed by atoms with E-state index < -0.39 is 8.32 Å². The van der Waals surface area contributed by atoms with E-state index in [1.54, 1.807) is 7.11 Å². The molecule has 0 amide bonds. The Balaban J connectivity index is 2.48. The minimum atomic E-state index is -1.95. The van der Waals surface area contributed by atoms with Gasteiger partial charge in [-0.2, -0.15) is 0 Å². The van der Waals surface area contributed by atoms with Crippen molar-refractivity contribution in [2.75, 3.05) is 7.11 Å². The fourth-order valence-corrected chi connectivity index (χ4v) is 5.72. The van der Waals surface area contributed by atoms with Gasteiger partial charge in [0, 0.05) is 4.83 Å². The average molecular weight is 532 g/mol. The largest absolute Gasteiger partial charge is 0.543 e. The molecule has 1 aliphatic carbocycles. The summed E-state index contributed by atoms with van der Waals surface area (Å²) in [6.45, 7) is 20.6. The highest BCUT2D eigenvalue weighted by atomic mass is 79.9. The molecule has 0 radical (unpaired) electrons. The first kappa shape index (κ1) is 24.0. The Morgan fingerprint density at radius 3 is 2.36 bits per heavy atom. The topological polar surface area (TPSA) is 18.5 Å². The standard InChI is InChI=1S/C23H36Br2O2Si/c1-15-10-11-21(25)23(5,6)17(15)12-16-13-20(26-7)18(24)14-19(16)27-28(8,9)22(2,3)4/h13-14,17,21H,1,10-12H2,2-9H3/t17-,21-/m1/s1. The van der Waals surface area contributed by atoms with Crippen molar-refractivity contribution < 1.29 is 9.16 Å². The predicted octanol–water partition coefficient (Wildman–Crippen LogP) is 8.14. The van der Waals surface area contributed by atoms with Crippen LogP contribution in [0.5, 0.6) is 11.5 Å². The van der Waals surface area contributed by atoms with Gasteiger partial charge in [0.15, 0.2) is 0 Å². The third kappa shape index (κ3) is 4.89. The Morgan fingerprint density at radius 2 is 1.82 bits per heavy atom. The minimum absolute atomic E-state index is 0.143. The molecule has 0 spiro atoms. The second-order valence-corrected chi connectivity index (χ2v) is 16.9. The molecule has 0 saturated heterocycles. The highest BCUT2D eigenvalue weighted by molar-refractivity contribution is 9.10. The highest BCUT2D eigenvalue weighted by Crippen LogP contribution is 2.49. The lowest BCUT2D eigenvalue weighted by atomic mass is 9.64. The molecule has 1 saturated carbocycles. The van der Waals surface area contributed by atoms with Gasteiger partial charge in [0.25, 0.3) is 0 Å². The number of benzene rings is 1. The van der Waals surface area contributed by atoms with Gasteiger partial charge in [0.05, 0.1) is 11.6 Å². The first-order chi connectivity index (χ1) is 12.7. The molecule has 2 rings (SSSR count). The summed E-state index contributed by atoms with van der Waals surface area (Å²) in [5.41, 5.74) is 2.70. The lowest BCUT2D eigenvalue weighted by Crippen LogP contribution is -2.44. The van der Waals surface area contributed by atoms with Crippen molar-refractivity contribution >= 4 is 40.2 Å². The molecule has 0 unspecified atom stereocenters. The molecule has 0 N–H and O–H groups in total. The SMILES string of the molecule is C=C1CC[C@@H](Br)C(C)(C)[C@@H]1Cc1cc(OC)c(Br)cc1O[Si](C)(C)C(C)(C)C. The summed E-state index contributed by atoms with van der Waals surface area (Å²) in [5, 5.41) is 0.144. The Kier molecular flexibility index (Phi) is 7.26. The second kappa shape index (κ2) is 8.47. The van der Waals surface area contributed by atoms with Crippen LogP contribution in [-0.4, -0.2) is 20.3 Å². The van der Waals surface area contributed by atoms with Crippen LogP contribution in [0, 0.1) is 11.3 Å². The molecule has 28 heavy (non-hydrogen) atoms. The Hall–Kier alpha value is -0.263. The smallest absolute Gasteiger partial charge is 0.250 e. The zero-order valence-electron chi connectivity index (χ0n) is 18.7. The van der Waals surface area contributed by atoms with Crippen LogP contribution in [0.3, 0.4) is 0 Å². The van der Waals surface area contributed by atoms with Crippen LogP contribution in [0.1, 0.15) is 53.0 Å². The van der Waals surface area contributed by atoms with Crippen LogP contribution in [0.15, 0.2) is 28.8 Å². The van der Waals surface area contributed by atoms with Crippen LogP contribution in [0.2, 0.25) is 18.1 Å². The first-order valence-corrected chi connectivity index (χ1v) is 14.7. The molecule has 0 heterocycles. The maximum absolute atomic E-state index is 6.76. The van der Waals surface area contributed by atoms with Gasteiger partial charge in [-0.1, -0.05) is 62.7 Å². The molecule has 1 aliphatic rings. The molecule has 2 atom stereocenters. The van der Waals surface area contributed by atoms with Crippen LogP contribution in [0.25, 0.3) is 0 Å². The van der Waals surface area contributed by atoms with Crippen molar-refractivity contribution in [2.24, 2.45) is 11.3 Å². The van der Waals surface area contributed by atoms with Crippen molar-refractivity contribution in [2.45, 2.75) is 76.8 Å². The maximum atomic E-state index is 6.76. The minimum Gasteiger partial charge on any atom is -0.543 e. The first-order valence-electron chi connectivity index (χ1n) is 10.1. The summed E-state index contributed by atoms with van der Waals surface area (Å²) < 4.78 is 13.3. The normalized spacial score (nSPS) is 22.9. The zero-order chi connectivity index (χ0) is 21.5. The lowest BCUT2D eigenvalue weighted by Gasteiger charge is -2.44. The number of methoxy groups -OCH3 is 1. The third-order valence-corrected chi connectivity index (χ3v) is 13.4. The summed E-state index contributed by atoms with van der Waals surface area (Å²) in [5.74, 6) is 2.24. The van der Waals surface area contributed by atoms with Crippen LogP contribution in [-0.2, 0) is 6.42 Å². The van der Waals surface area contributed by atoms with E-state index in [2.05, 4.69) is 98.3 Å². The van der Waals surface area contributed by atoms with Crippen molar-refractivity contribution in [1.82, 2.24) is 0 Å². The summed E-state index contributed by atoms with van der Waals surface area (Å²) in [6.07, 6.45) is 3.15. The monoisotopic (exact) mass is 530 g/mol. The number of halogens is 2. The van der Waals surface area contributed by atoms with Crippen molar-refractivity contribution in [1.29, 1.82) is 0 Å². The fourth-order valence-electron chi connectivity index (χ4n) is 3.65. The second-order valence-electron chi connectivity index (χ2n) is 10.2. The molecule has 158 valence electrons. The molecule has 1 aromatic carbocycles. The quantitative estimate of drug-likeness (QED) is 0.217. The fraction of sp³-hybridized carbons (Fsp3) is 0.652. The van der Waals surface area contributed by atoms with E-state index in [0.29, 0.717) is 10.7 Å². The van der Waals surface area contributed by atoms with Gasteiger partial charge in [0.1, 0.15) is 11.5 Å². The number of hydrogen-bond donors (Lipinski definition) is 0. The predicted molar refractivity (Wildman–Crippen MR) is 131 cm³/mol. The van der Waals surface area contributed by atoms with Crippen molar-refractivity contribution in [3.8, 4) is 11.5 Å². The number of hydrogen-bond acceptors (Lipinski definition) is 2. The summed E-state index contributed by atoms with van der Waals surface area (Å²) in [6, 6.07) is 4.24. The molecule has 0 aromatic heterocycles. The van der Waals surface area contributed by atoms with Gasteiger partial charge >= 0.3 is 0 Å². The third-order valence-electron chi connectivity index (χ3n) is 6.85. The van der Waals surface area contributed by atoms with Gasteiger partial charge < -0.3 is 9.16 Å². The van der Waals surface area contributed by atoms with Crippen LogP contribution < -0.4 is 9.16 Å². The van der Waals surface area contributed by atoms with E-state index in [0.717, 1.165) is 35.2 Å². The molecular weight excluding hydrogens is 496 g/mol. The molecule has 0 bridgehead atoms. The molecule has 0 aliphatic heterocycles. The summed E-state index contributed by atoms with van der Waals surface area (Å²) >= 11 is 7.58. The van der Waals surface area contributed by atoms with Crippen LogP contribution in [0.4, 0.5) is 0 Å². The van der Waals surface area contributed by atoms with Gasteiger partial charge in [-0.15, -0.1) is 0 Å².